The summed E-state index contributed by atoms with van der Waals surface area (Å²) in [6.45, 7) is 0.540. The Bertz CT molecular complexity index is 630. The lowest BCUT2D eigenvalue weighted by molar-refractivity contribution is -0.132. The Balaban J connectivity index is 2.04. The fraction of sp³-hybridized carbons (Fsp3) is 0.438. The van der Waals surface area contributed by atoms with Crippen LogP contribution in [-0.2, 0) is 4.79 Å². The molecule has 1 aromatic rings. The summed E-state index contributed by atoms with van der Waals surface area (Å²) >= 11 is 0. The van der Waals surface area contributed by atoms with E-state index in [4.69, 9.17) is 10.5 Å². The monoisotopic (exact) mass is 303 g/mol. The van der Waals surface area contributed by atoms with Gasteiger partial charge in [-0.1, -0.05) is 6.07 Å². The Morgan fingerprint density at radius 1 is 1.23 bits per heavy atom. The summed E-state index contributed by atoms with van der Waals surface area (Å²) in [5.74, 6) is -2.05. The summed E-state index contributed by atoms with van der Waals surface area (Å²) in [5.41, 5.74) is 0.347. The van der Waals surface area contributed by atoms with Crippen LogP contribution in [0.5, 0.6) is 0 Å². The van der Waals surface area contributed by atoms with Crippen molar-refractivity contribution in [2.45, 2.75) is 25.2 Å². The number of nitrogens with zero attached hydrogens (tertiary/aromatic N) is 3. The first-order valence-corrected chi connectivity index (χ1v) is 7.06. The first kappa shape index (κ1) is 15.9. The molecule has 0 N–H and O–H groups in total. The van der Waals surface area contributed by atoms with Crippen LogP contribution in [0.25, 0.3) is 0 Å². The van der Waals surface area contributed by atoms with Crippen LogP contribution in [0.2, 0.25) is 0 Å². The molecule has 0 saturated heterocycles. The van der Waals surface area contributed by atoms with E-state index in [9.17, 15) is 13.6 Å². The van der Waals surface area contributed by atoms with Gasteiger partial charge in [0.1, 0.15) is 11.6 Å². The van der Waals surface area contributed by atoms with Gasteiger partial charge in [-0.15, -0.1) is 0 Å². The molecule has 0 spiro atoms. The van der Waals surface area contributed by atoms with Gasteiger partial charge in [0.05, 0.1) is 25.0 Å². The van der Waals surface area contributed by atoms with Crippen LogP contribution in [0.4, 0.5) is 8.78 Å². The van der Waals surface area contributed by atoms with Gasteiger partial charge in [-0.25, -0.2) is 8.78 Å². The first-order chi connectivity index (χ1) is 10.6. The van der Waals surface area contributed by atoms with Crippen LogP contribution in [0.3, 0.4) is 0 Å². The van der Waals surface area contributed by atoms with Gasteiger partial charge < -0.3 is 4.90 Å². The number of carbonyl (C=O) groups excluding carboxylic acids is 1. The lowest BCUT2D eigenvalue weighted by atomic mass is 10.1. The molecule has 1 fully saturated rings. The van der Waals surface area contributed by atoms with Crippen molar-refractivity contribution >= 4 is 5.91 Å². The number of halogens is 2. The SMILES string of the molecule is N#CCCN(CCC#N)C(=O)[C@@H]1C[C@@H]1c1ccc(F)cc1F. The zero-order chi connectivity index (χ0) is 16.1. The third-order valence-electron chi connectivity index (χ3n) is 3.77. The number of hydrogen-bond acceptors (Lipinski definition) is 3. The van der Waals surface area contributed by atoms with Gasteiger partial charge in [-0.05, 0) is 24.0 Å². The van der Waals surface area contributed by atoms with E-state index in [-0.39, 0.29) is 43.7 Å². The second-order valence-corrected chi connectivity index (χ2v) is 5.26. The summed E-state index contributed by atoms with van der Waals surface area (Å²) in [6.07, 6.45) is 0.899. The lowest BCUT2D eigenvalue weighted by Gasteiger charge is -2.20. The zero-order valence-electron chi connectivity index (χ0n) is 11.9. The molecule has 1 saturated carbocycles. The zero-order valence-corrected chi connectivity index (χ0v) is 11.9. The first-order valence-electron chi connectivity index (χ1n) is 7.06. The van der Waals surface area contributed by atoms with Gasteiger partial charge in [0.25, 0.3) is 0 Å². The Kier molecular flexibility index (Phi) is 5.06. The largest absolute Gasteiger partial charge is 0.340 e. The number of rotatable bonds is 6. The maximum atomic E-state index is 13.7. The maximum absolute atomic E-state index is 13.7. The van der Waals surface area contributed by atoms with Gasteiger partial charge >= 0.3 is 0 Å². The molecular weight excluding hydrogens is 288 g/mol. The maximum Gasteiger partial charge on any atom is 0.226 e. The van der Waals surface area contributed by atoms with Gasteiger partial charge in [-0.3, -0.25) is 4.79 Å². The molecule has 0 unspecified atom stereocenters. The highest BCUT2D eigenvalue weighted by atomic mass is 19.1. The van der Waals surface area contributed by atoms with Gasteiger partial charge in [0.2, 0.25) is 5.91 Å². The van der Waals surface area contributed by atoms with E-state index < -0.39 is 11.6 Å². The molecule has 0 aliphatic heterocycles. The third kappa shape index (κ3) is 3.59. The predicted octanol–water partition coefficient (Wildman–Crippen LogP) is 2.72. The molecule has 0 heterocycles. The molecule has 114 valence electrons. The molecule has 0 aromatic heterocycles. The predicted molar refractivity (Wildman–Crippen MR) is 74.2 cm³/mol. The average Bonchev–Trinajstić information content (AvgIpc) is 3.27. The molecule has 1 aromatic carbocycles. The molecule has 1 amide bonds. The van der Waals surface area contributed by atoms with Crippen molar-refractivity contribution in [2.75, 3.05) is 13.1 Å². The van der Waals surface area contributed by atoms with E-state index in [1.165, 1.54) is 17.0 Å². The van der Waals surface area contributed by atoms with Crippen LogP contribution in [-0.4, -0.2) is 23.9 Å². The number of amides is 1. The number of nitriles is 2. The fourth-order valence-corrected chi connectivity index (χ4v) is 2.55. The molecule has 6 heteroatoms. The smallest absolute Gasteiger partial charge is 0.226 e. The Morgan fingerprint density at radius 3 is 2.41 bits per heavy atom. The molecule has 0 radical (unpaired) electrons. The minimum absolute atomic E-state index is 0.167. The van der Waals surface area contributed by atoms with Crippen LogP contribution in [0.15, 0.2) is 18.2 Å². The van der Waals surface area contributed by atoms with E-state index >= 15 is 0 Å². The van der Waals surface area contributed by atoms with E-state index in [1.807, 2.05) is 12.1 Å². The van der Waals surface area contributed by atoms with Gasteiger partial charge in [0, 0.05) is 25.1 Å². The Hall–Kier alpha value is -2.47. The van der Waals surface area contributed by atoms with Crippen molar-refractivity contribution in [3.63, 3.8) is 0 Å². The molecule has 2 atom stereocenters. The summed E-state index contributed by atoms with van der Waals surface area (Å²) in [6, 6.07) is 7.31. The van der Waals surface area contributed by atoms with E-state index in [0.29, 0.717) is 12.0 Å². The van der Waals surface area contributed by atoms with Crippen molar-refractivity contribution in [2.24, 2.45) is 5.92 Å². The van der Waals surface area contributed by atoms with Crippen LogP contribution in [0, 0.1) is 40.2 Å². The molecule has 1 aliphatic rings. The van der Waals surface area contributed by atoms with Crippen LogP contribution >= 0.6 is 0 Å². The summed E-state index contributed by atoms with van der Waals surface area (Å²) in [4.78, 5) is 13.9. The Labute approximate surface area is 127 Å². The molecule has 1 aliphatic carbocycles. The van der Waals surface area contributed by atoms with Crippen molar-refractivity contribution in [3.05, 3.63) is 35.4 Å². The fourth-order valence-electron chi connectivity index (χ4n) is 2.55. The van der Waals surface area contributed by atoms with Gasteiger partial charge in [-0.2, -0.15) is 10.5 Å². The second-order valence-electron chi connectivity index (χ2n) is 5.26. The second kappa shape index (κ2) is 7.00. The summed E-state index contributed by atoms with van der Waals surface area (Å²) in [5, 5.41) is 17.3. The quantitative estimate of drug-likeness (QED) is 0.811. The van der Waals surface area contributed by atoms with Crippen molar-refractivity contribution in [3.8, 4) is 12.1 Å². The van der Waals surface area contributed by atoms with Gasteiger partial charge in [0.15, 0.2) is 0 Å². The molecule has 0 bridgehead atoms. The molecule has 2 rings (SSSR count). The number of hydrogen-bond donors (Lipinski definition) is 0. The average molecular weight is 303 g/mol. The minimum Gasteiger partial charge on any atom is -0.340 e. The van der Waals surface area contributed by atoms with Crippen molar-refractivity contribution in [1.29, 1.82) is 10.5 Å². The van der Waals surface area contributed by atoms with E-state index in [0.717, 1.165) is 6.07 Å². The van der Waals surface area contributed by atoms with Crippen LogP contribution < -0.4 is 0 Å². The van der Waals surface area contributed by atoms with Crippen molar-refractivity contribution < 1.29 is 13.6 Å². The topological polar surface area (TPSA) is 67.9 Å². The lowest BCUT2D eigenvalue weighted by Crippen LogP contribution is -2.34. The third-order valence-corrected chi connectivity index (χ3v) is 3.77. The highest BCUT2D eigenvalue weighted by Gasteiger charge is 2.46. The van der Waals surface area contributed by atoms with Crippen LogP contribution in [0.1, 0.15) is 30.7 Å². The summed E-state index contributed by atoms with van der Waals surface area (Å²) in [7, 11) is 0. The molecule has 4 nitrogen and oxygen atoms in total. The highest BCUT2D eigenvalue weighted by Crippen LogP contribution is 2.49. The molecule has 22 heavy (non-hydrogen) atoms. The molecular formula is C16H15F2N3O. The Morgan fingerprint density at radius 2 is 1.86 bits per heavy atom. The van der Waals surface area contributed by atoms with E-state index in [1.54, 1.807) is 0 Å². The number of carbonyl (C=O) groups is 1. The number of benzene rings is 1. The standard InChI is InChI=1S/C16H15F2N3O/c17-11-3-4-12(15(18)9-11)13-10-14(13)16(22)21(7-1-5-19)8-2-6-20/h3-4,9,13-14H,1-2,7-8,10H2/t13-,14-/m1/s1. The van der Waals surface area contributed by atoms with Crippen molar-refractivity contribution in [1.82, 2.24) is 4.90 Å². The minimum atomic E-state index is -0.644. The normalized spacial score (nSPS) is 19.1. The van der Waals surface area contributed by atoms with E-state index in [2.05, 4.69) is 0 Å². The highest BCUT2D eigenvalue weighted by molar-refractivity contribution is 5.83. The summed E-state index contributed by atoms with van der Waals surface area (Å²) < 4.78 is 26.7.